The summed E-state index contributed by atoms with van der Waals surface area (Å²) in [4.78, 5) is 11.0. The normalized spacial score (nSPS) is 10.3. The maximum Gasteiger partial charge on any atom is 0.153 e. The average molecular weight is 275 g/mol. The topological polar surface area (TPSA) is 26.3 Å². The van der Waals surface area contributed by atoms with E-state index in [9.17, 15) is 4.79 Å². The molecule has 0 radical (unpaired) electrons. The van der Waals surface area contributed by atoms with Gasteiger partial charge in [-0.2, -0.15) is 0 Å². The Morgan fingerprint density at radius 3 is 2.74 bits per heavy atom. The molecule has 2 nitrogen and oxygen atoms in total. The third-order valence-corrected chi connectivity index (χ3v) is 3.30. The molecule has 2 aromatic rings. The molecule has 0 spiro atoms. The van der Waals surface area contributed by atoms with E-state index >= 15 is 0 Å². The van der Waals surface area contributed by atoms with Crippen LogP contribution in [0.15, 0.2) is 36.4 Å². The molecule has 19 heavy (non-hydrogen) atoms. The van der Waals surface area contributed by atoms with E-state index in [0.717, 1.165) is 17.4 Å². The van der Waals surface area contributed by atoms with E-state index in [1.165, 1.54) is 5.56 Å². The van der Waals surface area contributed by atoms with E-state index in [1.807, 2.05) is 13.8 Å². The number of halogens is 1. The largest absolute Gasteiger partial charge is 0.487 e. The molecular formula is C16H15ClO2. The van der Waals surface area contributed by atoms with E-state index in [-0.39, 0.29) is 0 Å². The number of aldehydes is 1. The number of hydrogen-bond acceptors (Lipinski definition) is 2. The molecule has 0 amide bonds. The third-order valence-electron chi connectivity index (χ3n) is 3.00. The summed E-state index contributed by atoms with van der Waals surface area (Å²) in [6.45, 7) is 4.47. The molecular weight excluding hydrogens is 260 g/mol. The van der Waals surface area contributed by atoms with Crippen LogP contribution in [0.1, 0.15) is 27.0 Å². The van der Waals surface area contributed by atoms with Gasteiger partial charge in [-0.1, -0.05) is 41.4 Å². The van der Waals surface area contributed by atoms with Crippen molar-refractivity contribution < 1.29 is 9.53 Å². The molecule has 3 heteroatoms. The quantitative estimate of drug-likeness (QED) is 0.775. The van der Waals surface area contributed by atoms with Crippen molar-refractivity contribution in [2.24, 2.45) is 0 Å². The third kappa shape index (κ3) is 3.15. The molecule has 0 atom stereocenters. The summed E-state index contributed by atoms with van der Waals surface area (Å²) >= 11 is 6.06. The van der Waals surface area contributed by atoms with Crippen LogP contribution in [-0.4, -0.2) is 6.29 Å². The number of ether oxygens (including phenoxy) is 1. The summed E-state index contributed by atoms with van der Waals surface area (Å²) in [5.41, 5.74) is 3.90. The highest BCUT2D eigenvalue weighted by atomic mass is 35.5. The van der Waals surface area contributed by atoms with Gasteiger partial charge in [-0.05, 0) is 37.1 Å². The molecule has 0 N–H and O–H groups in total. The van der Waals surface area contributed by atoms with Crippen molar-refractivity contribution >= 4 is 17.9 Å². The first-order chi connectivity index (χ1) is 9.11. The summed E-state index contributed by atoms with van der Waals surface area (Å²) in [6, 6.07) is 11.3. The Kier molecular flexibility index (Phi) is 4.23. The van der Waals surface area contributed by atoms with Crippen LogP contribution in [-0.2, 0) is 6.61 Å². The van der Waals surface area contributed by atoms with Crippen LogP contribution in [0.5, 0.6) is 5.75 Å². The molecule has 2 rings (SSSR count). The summed E-state index contributed by atoms with van der Waals surface area (Å²) in [5.74, 6) is 0.445. The molecule has 0 fully saturated rings. The summed E-state index contributed by atoms with van der Waals surface area (Å²) < 4.78 is 5.72. The van der Waals surface area contributed by atoms with Gasteiger partial charge in [0, 0.05) is 0 Å². The highest BCUT2D eigenvalue weighted by Gasteiger charge is 2.08. The highest BCUT2D eigenvalue weighted by Crippen LogP contribution is 2.28. The average Bonchev–Trinajstić information content (AvgIpc) is 2.40. The maximum atomic E-state index is 11.0. The van der Waals surface area contributed by atoms with Crippen molar-refractivity contribution in [3.05, 3.63) is 63.7 Å². The van der Waals surface area contributed by atoms with Gasteiger partial charge in [-0.3, -0.25) is 4.79 Å². The summed E-state index contributed by atoms with van der Waals surface area (Å²) in [7, 11) is 0. The van der Waals surface area contributed by atoms with Gasteiger partial charge in [0.15, 0.2) is 6.29 Å². The standard InChI is InChI=1S/C16H15ClO2/c1-11-6-7-12(2)14(8-11)10-19-16-13(9-18)4-3-5-15(16)17/h3-9H,10H2,1-2H3. The molecule has 0 aliphatic carbocycles. The summed E-state index contributed by atoms with van der Waals surface area (Å²) in [6.07, 6.45) is 0.754. The first-order valence-corrected chi connectivity index (χ1v) is 6.42. The number of aryl methyl sites for hydroxylation is 2. The van der Waals surface area contributed by atoms with Crippen molar-refractivity contribution in [1.82, 2.24) is 0 Å². The van der Waals surface area contributed by atoms with Gasteiger partial charge in [0.25, 0.3) is 0 Å². The van der Waals surface area contributed by atoms with Gasteiger partial charge >= 0.3 is 0 Å². The minimum Gasteiger partial charge on any atom is -0.487 e. The van der Waals surface area contributed by atoms with Crippen LogP contribution >= 0.6 is 11.6 Å². The zero-order chi connectivity index (χ0) is 13.8. The van der Waals surface area contributed by atoms with Gasteiger partial charge < -0.3 is 4.74 Å². The van der Waals surface area contributed by atoms with E-state index in [2.05, 4.69) is 18.2 Å². The predicted octanol–water partition coefficient (Wildman–Crippen LogP) is 4.35. The van der Waals surface area contributed by atoms with Crippen LogP contribution in [0.3, 0.4) is 0 Å². The molecule has 0 aliphatic heterocycles. The molecule has 98 valence electrons. The number of carbonyl (C=O) groups excluding carboxylic acids is 1. The lowest BCUT2D eigenvalue weighted by Crippen LogP contribution is -2.01. The Labute approximate surface area is 118 Å². The number of carbonyl (C=O) groups is 1. The Balaban J connectivity index is 2.23. The Morgan fingerprint density at radius 1 is 1.21 bits per heavy atom. The fraction of sp³-hybridized carbons (Fsp3) is 0.188. The number of rotatable bonds is 4. The molecule has 0 saturated carbocycles. The molecule has 0 aliphatic rings. The number of para-hydroxylation sites is 1. The van der Waals surface area contributed by atoms with Crippen LogP contribution in [0.25, 0.3) is 0 Å². The van der Waals surface area contributed by atoms with E-state index in [0.29, 0.717) is 22.9 Å². The van der Waals surface area contributed by atoms with Crippen LogP contribution in [0, 0.1) is 13.8 Å². The fourth-order valence-corrected chi connectivity index (χ4v) is 2.11. The number of benzene rings is 2. The minimum absolute atomic E-state index is 0.401. The van der Waals surface area contributed by atoms with Crippen molar-refractivity contribution in [3.8, 4) is 5.75 Å². The van der Waals surface area contributed by atoms with Crippen LogP contribution in [0.4, 0.5) is 0 Å². The van der Waals surface area contributed by atoms with Gasteiger partial charge in [-0.25, -0.2) is 0 Å². The lowest BCUT2D eigenvalue weighted by molar-refractivity contribution is 0.111. The lowest BCUT2D eigenvalue weighted by Gasteiger charge is -2.12. The minimum atomic E-state index is 0.401. The Morgan fingerprint density at radius 2 is 2.00 bits per heavy atom. The van der Waals surface area contributed by atoms with Crippen molar-refractivity contribution in [1.29, 1.82) is 0 Å². The SMILES string of the molecule is Cc1ccc(C)c(COc2c(Cl)cccc2C=O)c1. The zero-order valence-electron chi connectivity index (χ0n) is 10.9. The number of hydrogen-bond donors (Lipinski definition) is 0. The Bertz CT molecular complexity index is 606. The first-order valence-electron chi connectivity index (χ1n) is 6.04. The van der Waals surface area contributed by atoms with Crippen LogP contribution in [0.2, 0.25) is 5.02 Å². The zero-order valence-corrected chi connectivity index (χ0v) is 11.7. The van der Waals surface area contributed by atoms with Gasteiger partial charge in [0.1, 0.15) is 12.4 Å². The first kappa shape index (κ1) is 13.6. The van der Waals surface area contributed by atoms with Gasteiger partial charge in [0.2, 0.25) is 0 Å². The maximum absolute atomic E-state index is 11.0. The monoisotopic (exact) mass is 274 g/mol. The smallest absolute Gasteiger partial charge is 0.153 e. The van der Waals surface area contributed by atoms with Crippen molar-refractivity contribution in [3.63, 3.8) is 0 Å². The van der Waals surface area contributed by atoms with E-state index in [1.54, 1.807) is 18.2 Å². The fourth-order valence-electron chi connectivity index (χ4n) is 1.88. The molecule has 0 aromatic heterocycles. The predicted molar refractivity (Wildman–Crippen MR) is 77.1 cm³/mol. The van der Waals surface area contributed by atoms with Crippen molar-refractivity contribution in [2.75, 3.05) is 0 Å². The van der Waals surface area contributed by atoms with Crippen LogP contribution < -0.4 is 4.74 Å². The van der Waals surface area contributed by atoms with E-state index < -0.39 is 0 Å². The van der Waals surface area contributed by atoms with Gasteiger partial charge in [0.05, 0.1) is 10.6 Å². The lowest BCUT2D eigenvalue weighted by atomic mass is 10.1. The van der Waals surface area contributed by atoms with Gasteiger partial charge in [-0.15, -0.1) is 0 Å². The highest BCUT2D eigenvalue weighted by molar-refractivity contribution is 6.32. The second-order valence-electron chi connectivity index (χ2n) is 4.49. The molecule has 0 unspecified atom stereocenters. The molecule has 0 bridgehead atoms. The summed E-state index contributed by atoms with van der Waals surface area (Å²) in [5, 5.41) is 0.454. The van der Waals surface area contributed by atoms with Crippen molar-refractivity contribution in [2.45, 2.75) is 20.5 Å². The molecule has 2 aromatic carbocycles. The van der Waals surface area contributed by atoms with E-state index in [4.69, 9.17) is 16.3 Å². The second-order valence-corrected chi connectivity index (χ2v) is 4.90. The Hall–Kier alpha value is -1.80. The molecule has 0 heterocycles. The molecule has 0 saturated heterocycles. The second kappa shape index (κ2) is 5.89.